The van der Waals surface area contributed by atoms with E-state index >= 15 is 0 Å². The van der Waals surface area contributed by atoms with Crippen LogP contribution in [0.3, 0.4) is 0 Å². The second-order valence-corrected chi connectivity index (χ2v) is 8.19. The van der Waals surface area contributed by atoms with Crippen molar-refractivity contribution >= 4 is 11.8 Å². The molecule has 2 fully saturated rings. The molecular weight excluding hydrogens is 316 g/mol. The monoisotopic (exact) mass is 348 g/mol. The van der Waals surface area contributed by atoms with Gasteiger partial charge in [0.05, 0.1) is 11.7 Å². The molecule has 5 nitrogen and oxygen atoms in total. The smallest absolute Gasteiger partial charge is 0.226 e. The molecule has 1 atom stereocenters. The van der Waals surface area contributed by atoms with Gasteiger partial charge in [-0.2, -0.15) is 0 Å². The van der Waals surface area contributed by atoms with Crippen molar-refractivity contribution in [2.24, 2.45) is 5.92 Å². The minimum atomic E-state index is -0.0475. The van der Waals surface area contributed by atoms with Crippen LogP contribution in [0.25, 0.3) is 0 Å². The lowest BCUT2D eigenvalue weighted by Crippen LogP contribution is -2.59. The molecule has 3 rings (SSSR count). The molecule has 0 aromatic heterocycles. The van der Waals surface area contributed by atoms with E-state index in [0.29, 0.717) is 13.0 Å². The normalized spacial score (nSPS) is 25.5. The van der Waals surface area contributed by atoms with Gasteiger partial charge in [0, 0.05) is 38.4 Å². The van der Waals surface area contributed by atoms with Crippen LogP contribution in [0.1, 0.15) is 65.2 Å². The fraction of sp³-hybridized carbons (Fsp3) is 0.800. The van der Waals surface area contributed by atoms with Gasteiger partial charge in [0.1, 0.15) is 0 Å². The quantitative estimate of drug-likeness (QED) is 0.777. The maximum atomic E-state index is 12.5. The number of piperidine rings is 1. The fourth-order valence-corrected chi connectivity index (χ4v) is 4.15. The van der Waals surface area contributed by atoms with E-state index in [1.54, 1.807) is 0 Å². The first-order valence-electron chi connectivity index (χ1n) is 9.89. The highest BCUT2D eigenvalue weighted by atomic mass is 16.5. The number of hydrogen-bond acceptors (Lipinski definition) is 3. The molecule has 0 aromatic carbocycles. The van der Waals surface area contributed by atoms with Crippen LogP contribution in [-0.2, 0) is 14.3 Å². The number of nitrogens with zero attached hydrogens (tertiary/aromatic N) is 1. The van der Waals surface area contributed by atoms with Crippen molar-refractivity contribution in [1.29, 1.82) is 0 Å². The lowest BCUT2D eigenvalue weighted by Gasteiger charge is -2.52. The van der Waals surface area contributed by atoms with Gasteiger partial charge in [0.15, 0.2) is 0 Å². The maximum absolute atomic E-state index is 12.5. The zero-order valence-corrected chi connectivity index (χ0v) is 15.7. The molecule has 0 unspecified atom stereocenters. The lowest BCUT2D eigenvalue weighted by molar-refractivity contribution is -0.222. The summed E-state index contributed by atoms with van der Waals surface area (Å²) in [6.45, 7) is 6.01. The van der Waals surface area contributed by atoms with E-state index in [0.717, 1.165) is 45.2 Å². The van der Waals surface area contributed by atoms with Crippen molar-refractivity contribution in [2.75, 3.05) is 19.6 Å². The highest BCUT2D eigenvalue weighted by Gasteiger charge is 2.47. The predicted molar refractivity (Wildman–Crippen MR) is 97.1 cm³/mol. The summed E-state index contributed by atoms with van der Waals surface area (Å²) in [4.78, 5) is 26.1. The first-order valence-corrected chi connectivity index (χ1v) is 9.89. The first kappa shape index (κ1) is 18.4. The highest BCUT2D eigenvalue weighted by molar-refractivity contribution is 5.79. The van der Waals surface area contributed by atoms with E-state index in [9.17, 15) is 9.59 Å². The van der Waals surface area contributed by atoms with Gasteiger partial charge in [0.25, 0.3) is 0 Å². The zero-order chi connectivity index (χ0) is 17.9. The van der Waals surface area contributed by atoms with E-state index in [2.05, 4.69) is 11.4 Å². The van der Waals surface area contributed by atoms with Crippen LogP contribution >= 0.6 is 0 Å². The molecule has 3 aliphatic rings. The second kappa shape index (κ2) is 7.90. The van der Waals surface area contributed by atoms with Gasteiger partial charge < -0.3 is 15.0 Å². The third kappa shape index (κ3) is 4.63. The average molecular weight is 348 g/mol. The molecule has 1 spiro atoms. The first-order chi connectivity index (χ1) is 12.0. The van der Waals surface area contributed by atoms with Crippen molar-refractivity contribution in [3.05, 3.63) is 11.6 Å². The molecule has 2 aliphatic heterocycles. The summed E-state index contributed by atoms with van der Waals surface area (Å²) in [5.74, 6) is 0.382. The summed E-state index contributed by atoms with van der Waals surface area (Å²) >= 11 is 0. The summed E-state index contributed by atoms with van der Waals surface area (Å²) in [6.07, 6.45) is 10.6. The third-order valence-corrected chi connectivity index (χ3v) is 5.84. The SMILES string of the molecule is CC(C)C(=O)NC[C@H]1CC2(CCN(C(=O)CC3=CCCCC3)CC2)O1. The number of allylic oxidation sites excluding steroid dienone is 1. The summed E-state index contributed by atoms with van der Waals surface area (Å²) in [6, 6.07) is 0. The Morgan fingerprint density at radius 2 is 2.04 bits per heavy atom. The van der Waals surface area contributed by atoms with Gasteiger partial charge >= 0.3 is 0 Å². The van der Waals surface area contributed by atoms with Crippen LogP contribution in [0.4, 0.5) is 0 Å². The number of likely N-dealkylation sites (tertiary alicyclic amines) is 1. The summed E-state index contributed by atoms with van der Waals surface area (Å²) < 4.78 is 6.11. The Kier molecular flexibility index (Phi) is 5.82. The van der Waals surface area contributed by atoms with Crippen molar-refractivity contribution in [3.8, 4) is 0 Å². The van der Waals surface area contributed by atoms with Crippen LogP contribution < -0.4 is 5.32 Å². The molecule has 0 radical (unpaired) electrons. The minimum absolute atomic E-state index is 0.0163. The lowest BCUT2D eigenvalue weighted by atomic mass is 9.80. The highest BCUT2D eigenvalue weighted by Crippen LogP contribution is 2.41. The number of carbonyl (C=O) groups excluding carboxylic acids is 2. The van der Waals surface area contributed by atoms with Gasteiger partial charge in [-0.25, -0.2) is 0 Å². The number of nitrogens with one attached hydrogen (secondary N) is 1. The molecule has 0 aromatic rings. The van der Waals surface area contributed by atoms with E-state index in [4.69, 9.17) is 4.74 Å². The molecule has 5 heteroatoms. The predicted octanol–water partition coefficient (Wildman–Crippen LogP) is 2.80. The Morgan fingerprint density at radius 1 is 1.32 bits per heavy atom. The van der Waals surface area contributed by atoms with Gasteiger partial charge in [-0.3, -0.25) is 9.59 Å². The third-order valence-electron chi connectivity index (χ3n) is 5.84. The molecular formula is C20H32N2O3. The average Bonchev–Trinajstić information content (AvgIpc) is 2.59. The van der Waals surface area contributed by atoms with E-state index < -0.39 is 0 Å². The minimum Gasteiger partial charge on any atom is -0.370 e. The van der Waals surface area contributed by atoms with Gasteiger partial charge in [-0.05, 0) is 38.5 Å². The molecule has 1 aliphatic carbocycles. The summed E-state index contributed by atoms with van der Waals surface area (Å²) in [5, 5.41) is 2.94. The van der Waals surface area contributed by atoms with Crippen molar-refractivity contribution in [2.45, 2.75) is 76.9 Å². The summed E-state index contributed by atoms with van der Waals surface area (Å²) in [7, 11) is 0. The molecule has 140 valence electrons. The van der Waals surface area contributed by atoms with Crippen LogP contribution in [0.2, 0.25) is 0 Å². The molecule has 25 heavy (non-hydrogen) atoms. The Morgan fingerprint density at radius 3 is 2.64 bits per heavy atom. The Labute approximate surface area is 151 Å². The van der Waals surface area contributed by atoms with Gasteiger partial charge in [-0.1, -0.05) is 25.5 Å². The van der Waals surface area contributed by atoms with Crippen LogP contribution in [-0.4, -0.2) is 48.1 Å². The molecule has 1 N–H and O–H groups in total. The second-order valence-electron chi connectivity index (χ2n) is 8.19. The standard InChI is InChI=1S/C20H32N2O3/c1-15(2)19(24)21-14-17-13-20(25-17)8-10-22(11-9-20)18(23)12-16-6-4-3-5-7-16/h6,15,17H,3-5,7-14H2,1-2H3,(H,21,24)/t17-/m1/s1. The van der Waals surface area contributed by atoms with Crippen LogP contribution in [0.15, 0.2) is 11.6 Å². The zero-order valence-electron chi connectivity index (χ0n) is 15.7. The molecule has 0 saturated carbocycles. The van der Waals surface area contributed by atoms with E-state index in [1.807, 2.05) is 18.7 Å². The number of amides is 2. The number of carbonyl (C=O) groups is 2. The van der Waals surface area contributed by atoms with Crippen LogP contribution in [0.5, 0.6) is 0 Å². The summed E-state index contributed by atoms with van der Waals surface area (Å²) in [5.41, 5.74) is 1.28. The molecule has 2 amide bonds. The molecule has 2 heterocycles. The van der Waals surface area contributed by atoms with E-state index in [-0.39, 0.29) is 29.4 Å². The Balaban J connectivity index is 1.37. The van der Waals surface area contributed by atoms with Crippen molar-refractivity contribution < 1.29 is 14.3 Å². The largest absolute Gasteiger partial charge is 0.370 e. The topological polar surface area (TPSA) is 58.6 Å². The van der Waals surface area contributed by atoms with Crippen LogP contribution in [0, 0.1) is 5.92 Å². The number of hydrogen-bond donors (Lipinski definition) is 1. The van der Waals surface area contributed by atoms with Gasteiger partial charge in [-0.15, -0.1) is 0 Å². The molecule has 0 bridgehead atoms. The number of rotatable bonds is 5. The Bertz CT molecular complexity index is 525. The Hall–Kier alpha value is -1.36. The fourth-order valence-electron chi connectivity index (χ4n) is 4.15. The number of ether oxygens (including phenoxy) is 1. The van der Waals surface area contributed by atoms with Crippen molar-refractivity contribution in [3.63, 3.8) is 0 Å². The van der Waals surface area contributed by atoms with Crippen molar-refractivity contribution in [1.82, 2.24) is 10.2 Å². The maximum Gasteiger partial charge on any atom is 0.226 e. The molecule has 2 saturated heterocycles. The van der Waals surface area contributed by atoms with Gasteiger partial charge in [0.2, 0.25) is 11.8 Å². The van der Waals surface area contributed by atoms with E-state index in [1.165, 1.54) is 18.4 Å².